The van der Waals surface area contributed by atoms with Crippen LogP contribution >= 0.6 is 0 Å². The number of alkyl carbamates (subject to hydrolysis) is 1. The molecule has 0 saturated carbocycles. The minimum Gasteiger partial charge on any atom is -0.445 e. The van der Waals surface area contributed by atoms with Crippen molar-refractivity contribution in [1.29, 1.82) is 0 Å². The first-order chi connectivity index (χ1) is 19.5. The number of hydrogen-bond donors (Lipinski definition) is 4. The molecule has 0 unspecified atom stereocenters. The van der Waals surface area contributed by atoms with E-state index in [1.54, 1.807) is 31.2 Å². The average molecular weight is 572 g/mol. The number of rotatable bonds is 17. The Balaban J connectivity index is 1.74. The molecule has 12 nitrogen and oxygen atoms in total. The van der Waals surface area contributed by atoms with Crippen molar-refractivity contribution in [2.75, 3.05) is 25.0 Å². The maximum atomic E-state index is 13.0. The third-order valence-corrected chi connectivity index (χ3v) is 6.48. The quantitative estimate of drug-likeness (QED) is 0.162. The van der Waals surface area contributed by atoms with Crippen LogP contribution in [0.1, 0.15) is 58.4 Å². The normalized spacial score (nSPS) is 14.1. The lowest BCUT2D eigenvalue weighted by atomic mass is 9.92. The van der Waals surface area contributed by atoms with Crippen LogP contribution in [-0.4, -0.2) is 66.1 Å². The van der Waals surface area contributed by atoms with Gasteiger partial charge in [-0.25, -0.2) is 4.79 Å². The second kappa shape index (κ2) is 16.9. The van der Waals surface area contributed by atoms with Crippen molar-refractivity contribution in [3.63, 3.8) is 0 Å². The highest BCUT2D eigenvalue weighted by Gasteiger charge is 2.27. The minimum absolute atomic E-state index is 0.0370. The number of amides is 5. The summed E-state index contributed by atoms with van der Waals surface area (Å²) in [5.41, 5.74) is 6.59. The summed E-state index contributed by atoms with van der Waals surface area (Å²) in [6.45, 7) is 6.33. The fourth-order valence-electron chi connectivity index (χ4n) is 4.09. The zero-order chi connectivity index (χ0) is 30.4. The predicted molar refractivity (Wildman–Crippen MR) is 152 cm³/mol. The minimum atomic E-state index is -0.718. The number of Topliss-reactive ketones (excluding diaryl/α,β-unsaturated/α-hetero) is 1. The Hall–Kier alpha value is -4.06. The van der Waals surface area contributed by atoms with Crippen LogP contribution in [0.15, 0.2) is 36.4 Å². The number of ketones is 1. The van der Waals surface area contributed by atoms with Crippen molar-refractivity contribution in [2.24, 2.45) is 17.6 Å². The van der Waals surface area contributed by atoms with Crippen molar-refractivity contribution < 1.29 is 33.5 Å². The first-order valence-corrected chi connectivity index (χ1v) is 13.9. The van der Waals surface area contributed by atoms with Gasteiger partial charge < -0.3 is 26.4 Å². The summed E-state index contributed by atoms with van der Waals surface area (Å²) in [4.78, 5) is 74.0. The number of ether oxygens (including phenoxy) is 1. The van der Waals surface area contributed by atoms with Gasteiger partial charge in [0.05, 0.1) is 6.04 Å². The van der Waals surface area contributed by atoms with Gasteiger partial charge in [-0.05, 0) is 36.5 Å². The molecule has 0 fully saturated rings. The standard InChI is InChI=1S/C29H41N5O7/c1-19(2)27(33-24(36)7-5-4-6-16-34-25(37)12-13-26(34)38)23(35)17-20(3)28(39)32-22-10-8-21(9-11-22)18-41-29(40)31-15-14-30/h8-13,19-20,27H,4-7,14-18,30H2,1-3H3,(H,31,40)(H,32,39)(H,33,36)/t20-,27+/m1/s1. The molecule has 0 aromatic heterocycles. The van der Waals surface area contributed by atoms with E-state index < -0.39 is 18.1 Å². The Morgan fingerprint density at radius 3 is 2.22 bits per heavy atom. The van der Waals surface area contributed by atoms with E-state index in [9.17, 15) is 28.8 Å². The molecule has 1 aromatic rings. The first-order valence-electron chi connectivity index (χ1n) is 13.9. The third kappa shape index (κ3) is 11.5. The van der Waals surface area contributed by atoms with Crippen LogP contribution in [0.4, 0.5) is 10.5 Å². The number of anilines is 1. The van der Waals surface area contributed by atoms with Gasteiger partial charge in [-0.3, -0.25) is 28.9 Å². The van der Waals surface area contributed by atoms with E-state index in [1.165, 1.54) is 17.1 Å². The molecule has 0 aliphatic carbocycles. The molecule has 1 aliphatic rings. The van der Waals surface area contributed by atoms with Crippen molar-refractivity contribution in [1.82, 2.24) is 15.5 Å². The molecule has 2 atom stereocenters. The second-order valence-electron chi connectivity index (χ2n) is 10.3. The van der Waals surface area contributed by atoms with Crippen LogP contribution in [-0.2, 0) is 35.3 Å². The molecular weight excluding hydrogens is 530 g/mol. The number of nitrogens with one attached hydrogen (secondary N) is 3. The summed E-state index contributed by atoms with van der Waals surface area (Å²) in [5.74, 6) is -2.24. The molecule has 0 bridgehead atoms. The number of hydrogen-bond acceptors (Lipinski definition) is 8. The molecule has 1 aromatic carbocycles. The summed E-state index contributed by atoms with van der Waals surface area (Å²) in [6.07, 6.45) is 3.90. The lowest BCUT2D eigenvalue weighted by Crippen LogP contribution is -2.45. The van der Waals surface area contributed by atoms with Crippen LogP contribution in [0.5, 0.6) is 0 Å². The van der Waals surface area contributed by atoms with Crippen LogP contribution in [0.25, 0.3) is 0 Å². The molecule has 0 spiro atoms. The van der Waals surface area contributed by atoms with Gasteiger partial charge in [0.25, 0.3) is 11.8 Å². The predicted octanol–water partition coefficient (Wildman–Crippen LogP) is 2.03. The molecule has 41 heavy (non-hydrogen) atoms. The van der Waals surface area contributed by atoms with Gasteiger partial charge in [0, 0.05) is 56.2 Å². The Morgan fingerprint density at radius 1 is 0.951 bits per heavy atom. The molecule has 12 heteroatoms. The van der Waals surface area contributed by atoms with E-state index in [0.717, 1.165) is 5.56 Å². The maximum absolute atomic E-state index is 13.0. The van der Waals surface area contributed by atoms with Gasteiger partial charge in [-0.2, -0.15) is 0 Å². The zero-order valence-electron chi connectivity index (χ0n) is 23.9. The molecule has 1 aliphatic heterocycles. The van der Waals surface area contributed by atoms with Crippen molar-refractivity contribution in [2.45, 2.75) is 65.5 Å². The fourth-order valence-corrected chi connectivity index (χ4v) is 4.09. The van der Waals surface area contributed by atoms with E-state index in [0.29, 0.717) is 44.6 Å². The van der Waals surface area contributed by atoms with Crippen molar-refractivity contribution in [3.8, 4) is 0 Å². The maximum Gasteiger partial charge on any atom is 0.407 e. The van der Waals surface area contributed by atoms with Crippen LogP contribution in [0.3, 0.4) is 0 Å². The number of unbranched alkanes of at least 4 members (excludes halogenated alkanes) is 2. The van der Waals surface area contributed by atoms with E-state index in [4.69, 9.17) is 10.5 Å². The summed E-state index contributed by atoms with van der Waals surface area (Å²) >= 11 is 0. The monoisotopic (exact) mass is 571 g/mol. The van der Waals surface area contributed by atoms with Crippen molar-refractivity contribution in [3.05, 3.63) is 42.0 Å². The van der Waals surface area contributed by atoms with Crippen molar-refractivity contribution >= 4 is 41.2 Å². The third-order valence-electron chi connectivity index (χ3n) is 6.48. The molecule has 1 heterocycles. The average Bonchev–Trinajstić information content (AvgIpc) is 3.26. The fraction of sp³-hybridized carbons (Fsp3) is 0.517. The second-order valence-corrected chi connectivity index (χ2v) is 10.3. The first kappa shape index (κ1) is 33.1. The summed E-state index contributed by atoms with van der Waals surface area (Å²) < 4.78 is 5.07. The van der Waals surface area contributed by atoms with Gasteiger partial charge in [-0.15, -0.1) is 0 Å². The smallest absolute Gasteiger partial charge is 0.407 e. The highest BCUT2D eigenvalue weighted by Crippen LogP contribution is 2.16. The Morgan fingerprint density at radius 2 is 1.61 bits per heavy atom. The van der Waals surface area contributed by atoms with Gasteiger partial charge in [0.2, 0.25) is 11.8 Å². The highest BCUT2D eigenvalue weighted by molar-refractivity contribution is 6.12. The Kier molecular flexibility index (Phi) is 13.7. The van der Waals surface area contributed by atoms with Gasteiger partial charge in [0.15, 0.2) is 5.78 Å². The van der Waals surface area contributed by atoms with Crippen LogP contribution in [0, 0.1) is 11.8 Å². The number of nitrogens with two attached hydrogens (primary N) is 1. The molecule has 5 amide bonds. The zero-order valence-corrected chi connectivity index (χ0v) is 23.9. The van der Waals surface area contributed by atoms with Gasteiger partial charge in [0.1, 0.15) is 6.61 Å². The molecule has 2 rings (SSSR count). The Labute approximate surface area is 240 Å². The number of nitrogens with zero attached hydrogens (tertiary/aromatic N) is 1. The van der Waals surface area contributed by atoms with E-state index in [2.05, 4.69) is 16.0 Å². The van der Waals surface area contributed by atoms with E-state index in [1.807, 2.05) is 13.8 Å². The largest absolute Gasteiger partial charge is 0.445 e. The lowest BCUT2D eigenvalue weighted by Gasteiger charge is -2.23. The molecule has 224 valence electrons. The number of imide groups is 1. The summed E-state index contributed by atoms with van der Waals surface area (Å²) in [7, 11) is 0. The summed E-state index contributed by atoms with van der Waals surface area (Å²) in [6, 6.07) is 6.07. The Bertz CT molecular complexity index is 1100. The van der Waals surface area contributed by atoms with Crippen LogP contribution in [0.2, 0.25) is 0 Å². The molecule has 5 N–H and O–H groups in total. The molecular formula is C29H41N5O7. The van der Waals surface area contributed by atoms with E-state index >= 15 is 0 Å². The van der Waals surface area contributed by atoms with Gasteiger partial charge >= 0.3 is 6.09 Å². The van der Waals surface area contributed by atoms with E-state index in [-0.39, 0.29) is 54.8 Å². The molecule has 0 radical (unpaired) electrons. The SMILES string of the molecule is CC(C)[C@H](NC(=O)CCCCCN1C(=O)C=CC1=O)C(=O)C[C@@H](C)C(=O)Nc1ccc(COC(=O)NCCN)cc1. The number of carbonyl (C=O) groups is 6. The van der Waals surface area contributed by atoms with Crippen LogP contribution < -0.4 is 21.7 Å². The van der Waals surface area contributed by atoms with Gasteiger partial charge in [-0.1, -0.05) is 39.3 Å². The molecule has 0 saturated heterocycles. The number of carbonyl (C=O) groups excluding carboxylic acids is 6. The number of benzene rings is 1. The lowest BCUT2D eigenvalue weighted by molar-refractivity contribution is -0.137. The summed E-state index contributed by atoms with van der Waals surface area (Å²) in [5, 5.41) is 8.08. The highest BCUT2D eigenvalue weighted by atomic mass is 16.5. The topological polar surface area (TPSA) is 177 Å².